The molecule has 0 aliphatic carbocycles. The van der Waals surface area contributed by atoms with Crippen LogP contribution >= 0.6 is 15.9 Å². The minimum Gasteiger partial charge on any atom is -0.480 e. The molecular weight excluding hydrogens is 305 g/mol. The van der Waals surface area contributed by atoms with E-state index in [0.29, 0.717) is 6.42 Å². The normalized spacial score (nSPS) is 11.9. The van der Waals surface area contributed by atoms with Gasteiger partial charge in [0.05, 0.1) is 0 Å². The minimum absolute atomic E-state index is 0.117. The molecule has 98 valence electrons. The number of benzene rings is 1. The highest BCUT2D eigenvalue weighted by molar-refractivity contribution is 9.10. The number of carboxylic acid groups (broad SMARTS) is 1. The number of nitrogens with one attached hydrogen (secondary N) is 1. The molecule has 0 aliphatic rings. The second-order valence-corrected chi connectivity index (χ2v) is 4.56. The van der Waals surface area contributed by atoms with Crippen LogP contribution in [0.3, 0.4) is 0 Å². The van der Waals surface area contributed by atoms with E-state index in [1.165, 1.54) is 0 Å². The summed E-state index contributed by atoms with van der Waals surface area (Å²) in [6.07, 6.45) is 0.582. The summed E-state index contributed by atoms with van der Waals surface area (Å²) in [5, 5.41) is 10.7. The molecule has 2 N–H and O–H groups in total. The van der Waals surface area contributed by atoms with Crippen LogP contribution in [0.15, 0.2) is 28.7 Å². The predicted molar refractivity (Wildman–Crippen MR) is 68.0 cm³/mol. The molecule has 18 heavy (non-hydrogen) atoms. The predicted octanol–water partition coefficient (Wildman–Crippen LogP) is 1.92. The molecule has 1 rings (SSSR count). The number of amides is 1. The first-order valence-electron chi connectivity index (χ1n) is 5.36. The molecule has 1 unspecified atom stereocenters. The summed E-state index contributed by atoms with van der Waals surface area (Å²) in [5.74, 6) is -1.84. The molecule has 1 amide bonds. The zero-order chi connectivity index (χ0) is 13.5. The van der Waals surface area contributed by atoms with E-state index in [4.69, 9.17) is 5.11 Å². The lowest BCUT2D eigenvalue weighted by Crippen LogP contribution is -2.42. The van der Waals surface area contributed by atoms with Gasteiger partial charge in [-0.2, -0.15) is 0 Å². The second-order valence-electron chi connectivity index (χ2n) is 3.70. The zero-order valence-corrected chi connectivity index (χ0v) is 11.1. The minimum atomic E-state index is -1.46. The van der Waals surface area contributed by atoms with Crippen LogP contribution in [0.1, 0.15) is 12.0 Å². The van der Waals surface area contributed by atoms with Gasteiger partial charge in [-0.15, -0.1) is 0 Å². The zero-order valence-electron chi connectivity index (χ0n) is 9.53. The first kappa shape index (κ1) is 14.6. The highest BCUT2D eigenvalue weighted by atomic mass is 79.9. The smallest absolute Gasteiger partial charge is 0.328 e. The van der Waals surface area contributed by atoms with Crippen LogP contribution in [-0.4, -0.2) is 29.7 Å². The molecule has 6 heteroatoms. The Bertz CT molecular complexity index is 439. The lowest BCUT2D eigenvalue weighted by Gasteiger charge is -2.10. The third-order valence-electron chi connectivity index (χ3n) is 2.37. The molecular formula is C12H13BrFNO3. The Morgan fingerprint density at radius 2 is 2.06 bits per heavy atom. The number of hydrogen-bond acceptors (Lipinski definition) is 2. The Kier molecular flexibility index (Phi) is 5.77. The molecule has 0 saturated carbocycles. The number of carbonyl (C=O) groups is 2. The van der Waals surface area contributed by atoms with E-state index in [-0.39, 0.29) is 6.42 Å². The van der Waals surface area contributed by atoms with Gasteiger partial charge in [0.1, 0.15) is 6.67 Å². The van der Waals surface area contributed by atoms with Crippen molar-refractivity contribution in [1.82, 2.24) is 5.32 Å². The first-order valence-corrected chi connectivity index (χ1v) is 6.15. The summed E-state index contributed by atoms with van der Waals surface area (Å²) in [7, 11) is 0. The fourth-order valence-corrected chi connectivity index (χ4v) is 1.87. The van der Waals surface area contributed by atoms with Gasteiger partial charge >= 0.3 is 5.97 Å². The van der Waals surface area contributed by atoms with E-state index in [1.54, 1.807) is 0 Å². The van der Waals surface area contributed by atoms with Gasteiger partial charge in [0.2, 0.25) is 5.91 Å². The van der Waals surface area contributed by atoms with Crippen LogP contribution in [0, 0.1) is 0 Å². The van der Waals surface area contributed by atoms with Crippen LogP contribution < -0.4 is 5.32 Å². The summed E-state index contributed by atoms with van der Waals surface area (Å²) in [4.78, 5) is 22.0. The maximum atomic E-state index is 12.3. The van der Waals surface area contributed by atoms with E-state index < -0.39 is 24.6 Å². The molecule has 0 fully saturated rings. The molecule has 0 heterocycles. The lowest BCUT2D eigenvalue weighted by atomic mass is 10.1. The van der Waals surface area contributed by atoms with E-state index in [2.05, 4.69) is 21.2 Å². The number of carbonyl (C=O) groups excluding carboxylic acids is 1. The van der Waals surface area contributed by atoms with Crippen LogP contribution in [0.5, 0.6) is 0 Å². The van der Waals surface area contributed by atoms with Crippen LogP contribution in [-0.2, 0) is 16.0 Å². The van der Waals surface area contributed by atoms with E-state index >= 15 is 0 Å². The first-order chi connectivity index (χ1) is 8.54. The fourth-order valence-electron chi connectivity index (χ4n) is 1.38. The number of aryl methyl sites for hydroxylation is 1. The molecule has 0 aliphatic heterocycles. The summed E-state index contributed by atoms with van der Waals surface area (Å²) in [5.41, 5.74) is 0.944. The Morgan fingerprint density at radius 1 is 1.39 bits per heavy atom. The maximum Gasteiger partial charge on any atom is 0.328 e. The highest BCUT2D eigenvalue weighted by Gasteiger charge is 2.19. The van der Waals surface area contributed by atoms with Crippen molar-refractivity contribution in [3.63, 3.8) is 0 Å². The largest absolute Gasteiger partial charge is 0.480 e. The van der Waals surface area contributed by atoms with Gasteiger partial charge in [0.25, 0.3) is 0 Å². The van der Waals surface area contributed by atoms with Crippen LogP contribution in [0.4, 0.5) is 4.39 Å². The van der Waals surface area contributed by atoms with Crippen molar-refractivity contribution in [3.05, 3.63) is 34.3 Å². The number of halogens is 2. The molecule has 0 spiro atoms. The Morgan fingerprint density at radius 3 is 2.61 bits per heavy atom. The third-order valence-corrected chi connectivity index (χ3v) is 3.14. The number of aliphatic carboxylic acids is 1. The standard InChI is InChI=1S/C12H13BrFNO3/c13-9-4-2-1-3-8(9)5-6-11(16)15-10(7-14)12(17)18/h1-4,10H,5-7H2,(H,15,16)(H,17,18). The Hall–Kier alpha value is -1.43. The van der Waals surface area contributed by atoms with Crippen molar-refractivity contribution < 1.29 is 19.1 Å². The van der Waals surface area contributed by atoms with Crippen LogP contribution in [0.2, 0.25) is 0 Å². The van der Waals surface area contributed by atoms with Crippen molar-refractivity contribution >= 4 is 27.8 Å². The van der Waals surface area contributed by atoms with Crippen molar-refractivity contribution in [2.75, 3.05) is 6.67 Å². The van der Waals surface area contributed by atoms with Gasteiger partial charge in [-0.3, -0.25) is 4.79 Å². The molecule has 1 aromatic rings. The summed E-state index contributed by atoms with van der Waals surface area (Å²) >= 11 is 3.35. The topological polar surface area (TPSA) is 66.4 Å². The highest BCUT2D eigenvalue weighted by Crippen LogP contribution is 2.17. The molecule has 1 atom stereocenters. The summed E-state index contributed by atoms with van der Waals surface area (Å²) in [6.45, 7) is -1.11. The number of rotatable bonds is 6. The van der Waals surface area contributed by atoms with Crippen molar-refractivity contribution in [1.29, 1.82) is 0 Å². The van der Waals surface area contributed by atoms with Crippen molar-refractivity contribution in [2.45, 2.75) is 18.9 Å². The molecule has 1 aromatic carbocycles. The van der Waals surface area contributed by atoms with E-state index in [0.717, 1.165) is 10.0 Å². The lowest BCUT2D eigenvalue weighted by molar-refractivity contribution is -0.142. The molecule has 0 bridgehead atoms. The van der Waals surface area contributed by atoms with Gasteiger partial charge in [0, 0.05) is 10.9 Å². The van der Waals surface area contributed by atoms with Gasteiger partial charge in [-0.1, -0.05) is 34.1 Å². The van der Waals surface area contributed by atoms with E-state index in [9.17, 15) is 14.0 Å². The SMILES string of the molecule is O=C(CCc1ccccc1Br)NC(CF)C(=O)O. The Labute approximate surface area is 112 Å². The molecule has 0 aromatic heterocycles. The summed E-state index contributed by atoms with van der Waals surface area (Å²) < 4.78 is 13.2. The fraction of sp³-hybridized carbons (Fsp3) is 0.333. The monoisotopic (exact) mass is 317 g/mol. The third kappa shape index (κ3) is 4.44. The number of hydrogen-bond donors (Lipinski definition) is 2. The number of carboxylic acids is 1. The van der Waals surface area contributed by atoms with Gasteiger partial charge < -0.3 is 10.4 Å². The van der Waals surface area contributed by atoms with Crippen LogP contribution in [0.25, 0.3) is 0 Å². The van der Waals surface area contributed by atoms with Crippen molar-refractivity contribution in [2.24, 2.45) is 0 Å². The summed E-state index contributed by atoms with van der Waals surface area (Å²) in [6, 6.07) is 5.96. The van der Waals surface area contributed by atoms with E-state index in [1.807, 2.05) is 24.3 Å². The molecule has 0 saturated heterocycles. The average Bonchev–Trinajstić information content (AvgIpc) is 2.34. The van der Waals surface area contributed by atoms with Gasteiger partial charge in [-0.05, 0) is 18.1 Å². The maximum absolute atomic E-state index is 12.3. The molecule has 4 nitrogen and oxygen atoms in total. The average molecular weight is 318 g/mol. The second kappa shape index (κ2) is 7.10. The quantitative estimate of drug-likeness (QED) is 0.842. The van der Waals surface area contributed by atoms with Crippen molar-refractivity contribution in [3.8, 4) is 0 Å². The Balaban J connectivity index is 2.47. The van der Waals surface area contributed by atoms with Gasteiger partial charge in [0.15, 0.2) is 6.04 Å². The number of alkyl halides is 1. The van der Waals surface area contributed by atoms with Gasteiger partial charge in [-0.25, -0.2) is 9.18 Å². The molecule has 0 radical (unpaired) electrons.